The Morgan fingerprint density at radius 1 is 1.04 bits per heavy atom. The second-order valence-corrected chi connectivity index (χ2v) is 6.92. The van der Waals surface area contributed by atoms with E-state index in [4.69, 9.17) is 10.6 Å². The Balaban J connectivity index is 1.41. The second kappa shape index (κ2) is 8.23. The Kier molecular flexibility index (Phi) is 5.35. The van der Waals surface area contributed by atoms with Gasteiger partial charge in [0.15, 0.2) is 0 Å². The fraction of sp³-hybridized carbons (Fsp3) is 0.261. The van der Waals surface area contributed by atoms with Crippen LogP contribution in [0.25, 0.3) is 10.8 Å². The smallest absolute Gasteiger partial charge is 0.127 e. The zero-order valence-corrected chi connectivity index (χ0v) is 15.4. The van der Waals surface area contributed by atoms with Gasteiger partial charge >= 0.3 is 0 Å². The zero-order chi connectivity index (χ0) is 18.5. The van der Waals surface area contributed by atoms with E-state index < -0.39 is 0 Å². The highest BCUT2D eigenvalue weighted by Crippen LogP contribution is 2.30. The van der Waals surface area contributed by atoms with Crippen molar-refractivity contribution in [1.82, 2.24) is 5.32 Å². The topological polar surface area (TPSA) is 59.6 Å². The Bertz CT molecular complexity index is 951. The van der Waals surface area contributed by atoms with Crippen LogP contribution in [0.4, 0.5) is 0 Å². The summed E-state index contributed by atoms with van der Waals surface area (Å²) in [7, 11) is 0. The lowest BCUT2D eigenvalue weighted by Crippen LogP contribution is -2.28. The molecule has 3 N–H and O–H groups in total. The monoisotopic (exact) mass is 359 g/mol. The van der Waals surface area contributed by atoms with Crippen molar-refractivity contribution >= 4 is 17.0 Å². The summed E-state index contributed by atoms with van der Waals surface area (Å²) in [4.78, 5) is 0. The van der Waals surface area contributed by atoms with E-state index in [2.05, 4.69) is 46.8 Å². The first-order chi connectivity index (χ1) is 13.4. The quantitative estimate of drug-likeness (QED) is 0.300. The molecule has 0 radical (unpaired) electrons. The highest BCUT2D eigenvalue weighted by atomic mass is 16.5. The predicted molar refractivity (Wildman–Crippen MR) is 111 cm³/mol. The largest absolute Gasteiger partial charge is 0.492 e. The summed E-state index contributed by atoms with van der Waals surface area (Å²) in [6, 6.07) is 21.4. The van der Waals surface area contributed by atoms with Crippen molar-refractivity contribution in [1.29, 1.82) is 0 Å². The van der Waals surface area contributed by atoms with E-state index in [-0.39, 0.29) is 0 Å². The molecule has 0 bridgehead atoms. The van der Waals surface area contributed by atoms with Crippen molar-refractivity contribution in [3.63, 3.8) is 0 Å². The van der Waals surface area contributed by atoms with Gasteiger partial charge in [-0.3, -0.25) is 0 Å². The van der Waals surface area contributed by atoms with E-state index in [1.54, 1.807) is 6.21 Å². The molecule has 4 nitrogen and oxygen atoms in total. The lowest BCUT2D eigenvalue weighted by molar-refractivity contribution is 0.303. The SMILES string of the molecule is NN=Cc1ccc(OCCNC2CCCc3ccccc32)c2ccccc12. The first-order valence-corrected chi connectivity index (χ1v) is 9.56. The van der Waals surface area contributed by atoms with Gasteiger partial charge in [0, 0.05) is 23.5 Å². The molecule has 138 valence electrons. The zero-order valence-electron chi connectivity index (χ0n) is 15.4. The van der Waals surface area contributed by atoms with Crippen molar-refractivity contribution in [2.75, 3.05) is 13.2 Å². The Morgan fingerprint density at radius 3 is 2.74 bits per heavy atom. The Hall–Kier alpha value is -2.85. The number of rotatable bonds is 6. The van der Waals surface area contributed by atoms with Crippen LogP contribution >= 0.6 is 0 Å². The lowest BCUT2D eigenvalue weighted by atomic mass is 9.88. The minimum atomic E-state index is 0.429. The lowest BCUT2D eigenvalue weighted by Gasteiger charge is -2.26. The minimum Gasteiger partial charge on any atom is -0.492 e. The maximum Gasteiger partial charge on any atom is 0.127 e. The fourth-order valence-corrected chi connectivity index (χ4v) is 3.97. The van der Waals surface area contributed by atoms with Crippen LogP contribution in [0, 0.1) is 0 Å². The first kappa shape index (κ1) is 17.6. The molecule has 0 aliphatic heterocycles. The number of fused-ring (bicyclic) bond motifs is 2. The van der Waals surface area contributed by atoms with Crippen LogP contribution in [-0.4, -0.2) is 19.4 Å². The average Bonchev–Trinajstić information content (AvgIpc) is 2.72. The molecule has 1 aliphatic rings. The number of hydrazone groups is 1. The van der Waals surface area contributed by atoms with E-state index in [9.17, 15) is 0 Å². The summed E-state index contributed by atoms with van der Waals surface area (Å²) in [5.41, 5.74) is 3.92. The van der Waals surface area contributed by atoms with Gasteiger partial charge in [0.2, 0.25) is 0 Å². The normalized spacial score (nSPS) is 16.5. The van der Waals surface area contributed by atoms with Gasteiger partial charge < -0.3 is 15.9 Å². The molecule has 1 aliphatic carbocycles. The maximum absolute atomic E-state index is 6.09. The molecule has 0 spiro atoms. The number of aryl methyl sites for hydroxylation is 1. The molecule has 0 fully saturated rings. The molecule has 0 amide bonds. The van der Waals surface area contributed by atoms with Crippen LogP contribution in [0.1, 0.15) is 35.6 Å². The Labute approximate surface area is 160 Å². The molecule has 4 heteroatoms. The van der Waals surface area contributed by atoms with E-state index in [1.807, 2.05) is 24.3 Å². The molecule has 0 saturated heterocycles. The number of ether oxygens (including phenoxy) is 1. The molecule has 3 aromatic rings. The van der Waals surface area contributed by atoms with E-state index in [0.29, 0.717) is 12.6 Å². The van der Waals surface area contributed by atoms with Crippen LogP contribution in [-0.2, 0) is 6.42 Å². The van der Waals surface area contributed by atoms with E-state index in [1.165, 1.54) is 30.4 Å². The number of hydrogen-bond acceptors (Lipinski definition) is 4. The first-order valence-electron chi connectivity index (χ1n) is 9.56. The fourth-order valence-electron chi connectivity index (χ4n) is 3.97. The Morgan fingerprint density at radius 2 is 1.85 bits per heavy atom. The third-order valence-corrected chi connectivity index (χ3v) is 5.25. The van der Waals surface area contributed by atoms with Gasteiger partial charge in [0.1, 0.15) is 12.4 Å². The molecule has 0 saturated carbocycles. The van der Waals surface area contributed by atoms with Gasteiger partial charge in [-0.2, -0.15) is 5.10 Å². The average molecular weight is 359 g/mol. The van der Waals surface area contributed by atoms with E-state index >= 15 is 0 Å². The summed E-state index contributed by atoms with van der Waals surface area (Å²) in [6.45, 7) is 1.45. The van der Waals surface area contributed by atoms with Gasteiger partial charge in [-0.15, -0.1) is 0 Å². The summed E-state index contributed by atoms with van der Waals surface area (Å²) >= 11 is 0. The summed E-state index contributed by atoms with van der Waals surface area (Å²) in [5.74, 6) is 6.22. The third-order valence-electron chi connectivity index (χ3n) is 5.25. The summed E-state index contributed by atoms with van der Waals surface area (Å²) < 4.78 is 6.09. The molecule has 0 aromatic heterocycles. The van der Waals surface area contributed by atoms with Crippen molar-refractivity contribution < 1.29 is 4.74 Å². The molecular weight excluding hydrogens is 334 g/mol. The van der Waals surface area contributed by atoms with Crippen molar-refractivity contribution in [3.05, 3.63) is 77.4 Å². The van der Waals surface area contributed by atoms with Crippen LogP contribution in [0.2, 0.25) is 0 Å². The van der Waals surface area contributed by atoms with Gasteiger partial charge in [-0.25, -0.2) is 0 Å². The van der Waals surface area contributed by atoms with Crippen molar-refractivity contribution in [3.8, 4) is 5.75 Å². The molecule has 4 rings (SSSR count). The molecule has 3 aromatic carbocycles. The highest BCUT2D eigenvalue weighted by Gasteiger charge is 2.18. The van der Waals surface area contributed by atoms with Crippen molar-refractivity contribution in [2.24, 2.45) is 10.9 Å². The number of nitrogens with two attached hydrogens (primary N) is 1. The molecule has 0 heterocycles. The van der Waals surface area contributed by atoms with Gasteiger partial charge in [-0.05, 0) is 47.9 Å². The number of hydrogen-bond donors (Lipinski definition) is 2. The van der Waals surface area contributed by atoms with Crippen molar-refractivity contribution in [2.45, 2.75) is 25.3 Å². The standard InChI is InChI=1S/C23H25N3O/c24-26-16-18-12-13-23(21-10-4-3-8-19(18)21)27-15-14-25-22-11-5-7-17-6-1-2-9-20(17)22/h1-4,6,8-10,12-13,16,22,25H,5,7,11,14-15,24H2. The van der Waals surface area contributed by atoms with Crippen LogP contribution in [0.5, 0.6) is 5.75 Å². The number of nitrogens with one attached hydrogen (secondary N) is 1. The highest BCUT2D eigenvalue weighted by molar-refractivity contribution is 6.02. The predicted octanol–water partition coefficient (Wildman–Crippen LogP) is 4.18. The molecular formula is C23H25N3O. The molecule has 1 unspecified atom stereocenters. The molecule has 27 heavy (non-hydrogen) atoms. The third kappa shape index (κ3) is 3.81. The van der Waals surface area contributed by atoms with E-state index in [0.717, 1.165) is 28.6 Å². The van der Waals surface area contributed by atoms with Crippen LogP contribution in [0.15, 0.2) is 65.8 Å². The second-order valence-electron chi connectivity index (χ2n) is 6.92. The van der Waals surface area contributed by atoms with Crippen LogP contribution < -0.4 is 15.9 Å². The minimum absolute atomic E-state index is 0.429. The summed E-state index contributed by atoms with van der Waals surface area (Å²) in [5, 5.41) is 9.50. The number of benzene rings is 3. The van der Waals surface area contributed by atoms with Gasteiger partial charge in [-0.1, -0.05) is 48.5 Å². The molecule has 1 atom stereocenters. The van der Waals surface area contributed by atoms with Crippen LogP contribution in [0.3, 0.4) is 0 Å². The van der Waals surface area contributed by atoms with Gasteiger partial charge in [0.25, 0.3) is 0 Å². The maximum atomic E-state index is 6.09. The number of nitrogens with zero attached hydrogens (tertiary/aromatic N) is 1. The van der Waals surface area contributed by atoms with Gasteiger partial charge in [0.05, 0.1) is 6.21 Å². The summed E-state index contributed by atoms with van der Waals surface area (Å²) in [6.07, 6.45) is 5.29.